The lowest BCUT2D eigenvalue weighted by atomic mass is 10.2. The van der Waals surface area contributed by atoms with Crippen LogP contribution in [0, 0.1) is 0 Å². The lowest BCUT2D eigenvalue weighted by molar-refractivity contribution is -0.140. The minimum Gasteiger partial charge on any atom is -0.329 e. The van der Waals surface area contributed by atoms with E-state index in [2.05, 4.69) is 0 Å². The molecule has 2 fully saturated rings. The van der Waals surface area contributed by atoms with Crippen molar-refractivity contribution >= 4 is 31.2 Å². The first-order chi connectivity index (χ1) is 3.88. The zero-order valence-electron chi connectivity index (χ0n) is 4.96. The van der Waals surface area contributed by atoms with Gasteiger partial charge in [-0.2, -0.15) is 13.5 Å². The molecular weight excluding hydrogens is 154 g/mol. The van der Waals surface area contributed by atoms with Crippen molar-refractivity contribution in [1.29, 1.82) is 0 Å². The van der Waals surface area contributed by atoms with Crippen molar-refractivity contribution in [3.05, 3.63) is 0 Å². The minimum atomic E-state index is 0. The molecular formula is C5H9NOS2. The quantitative estimate of drug-likeness (QED) is 0.482. The van der Waals surface area contributed by atoms with Crippen LogP contribution >= 0.6 is 25.3 Å². The second-order valence-electron chi connectivity index (χ2n) is 2.12. The monoisotopic (exact) mass is 163 g/mol. The van der Waals surface area contributed by atoms with Crippen LogP contribution in [0.2, 0.25) is 0 Å². The Balaban J connectivity index is 0.000000405. The van der Waals surface area contributed by atoms with Crippen LogP contribution in [0.5, 0.6) is 0 Å². The first-order valence-corrected chi connectivity index (χ1v) is 3.84. The average Bonchev–Trinajstić information content (AvgIpc) is 2.09. The van der Waals surface area contributed by atoms with E-state index in [1.807, 2.05) is 16.7 Å². The smallest absolute Gasteiger partial charge is 0.226 e. The number of nitrogens with zero attached hydrogens (tertiary/aromatic N) is 1. The zero-order valence-corrected chi connectivity index (χ0v) is 6.78. The summed E-state index contributed by atoms with van der Waals surface area (Å²) in [5.41, 5.74) is 0. The van der Waals surface area contributed by atoms with Gasteiger partial charge in [0.15, 0.2) is 0 Å². The summed E-state index contributed by atoms with van der Waals surface area (Å²) in [6.07, 6.45) is 0.796. The summed E-state index contributed by atoms with van der Waals surface area (Å²) in [5.74, 6) is 1.50. The second kappa shape index (κ2) is 2.42. The van der Waals surface area contributed by atoms with E-state index in [1.54, 1.807) is 0 Å². The van der Waals surface area contributed by atoms with Crippen molar-refractivity contribution < 1.29 is 4.79 Å². The highest BCUT2D eigenvalue weighted by Gasteiger charge is 2.39. The SMILES string of the molecule is O=C1C[C@H]2SCCN12.S. The van der Waals surface area contributed by atoms with Crippen LogP contribution in [0.15, 0.2) is 0 Å². The van der Waals surface area contributed by atoms with Crippen molar-refractivity contribution in [2.45, 2.75) is 11.8 Å². The predicted molar refractivity (Wildman–Crippen MR) is 43.0 cm³/mol. The maximum atomic E-state index is 10.6. The summed E-state index contributed by atoms with van der Waals surface area (Å²) < 4.78 is 0. The van der Waals surface area contributed by atoms with Gasteiger partial charge in [-0.25, -0.2) is 0 Å². The summed E-state index contributed by atoms with van der Waals surface area (Å²) in [5, 5.41) is 0.572. The number of fused-ring (bicyclic) bond motifs is 1. The van der Waals surface area contributed by atoms with E-state index >= 15 is 0 Å². The Kier molecular flexibility index (Phi) is 1.96. The van der Waals surface area contributed by atoms with Crippen LogP contribution in [0.25, 0.3) is 0 Å². The van der Waals surface area contributed by atoms with Gasteiger partial charge in [-0.05, 0) is 0 Å². The highest BCUT2D eigenvalue weighted by atomic mass is 32.2. The molecule has 2 rings (SSSR count). The van der Waals surface area contributed by atoms with E-state index in [0.29, 0.717) is 11.3 Å². The van der Waals surface area contributed by atoms with E-state index in [4.69, 9.17) is 0 Å². The molecule has 0 aromatic carbocycles. The van der Waals surface area contributed by atoms with Crippen LogP contribution < -0.4 is 0 Å². The lowest BCUT2D eigenvalue weighted by Crippen LogP contribution is -2.46. The molecule has 52 valence electrons. The van der Waals surface area contributed by atoms with E-state index in [0.717, 1.165) is 18.7 Å². The van der Waals surface area contributed by atoms with Gasteiger partial charge >= 0.3 is 0 Å². The first kappa shape index (κ1) is 7.28. The first-order valence-electron chi connectivity index (χ1n) is 2.79. The molecule has 0 radical (unpaired) electrons. The van der Waals surface area contributed by atoms with Crippen molar-refractivity contribution in [2.75, 3.05) is 12.3 Å². The van der Waals surface area contributed by atoms with Crippen LogP contribution in [0.1, 0.15) is 6.42 Å². The summed E-state index contributed by atoms with van der Waals surface area (Å²) in [6, 6.07) is 0. The van der Waals surface area contributed by atoms with Gasteiger partial charge in [-0.1, -0.05) is 0 Å². The van der Waals surface area contributed by atoms with Gasteiger partial charge in [0.05, 0.1) is 11.8 Å². The average molecular weight is 163 g/mol. The second-order valence-corrected chi connectivity index (χ2v) is 3.40. The summed E-state index contributed by atoms with van der Waals surface area (Å²) in [7, 11) is 0. The van der Waals surface area contributed by atoms with Gasteiger partial charge < -0.3 is 4.90 Å². The molecule has 2 heterocycles. The lowest BCUT2D eigenvalue weighted by Gasteiger charge is -2.32. The number of β-lactam (4-membered cyclic amide) rings is 1. The molecule has 0 bridgehead atoms. The Labute approximate surface area is 65.4 Å². The number of hydrogen-bond acceptors (Lipinski definition) is 2. The third kappa shape index (κ3) is 0.942. The van der Waals surface area contributed by atoms with Crippen LogP contribution in [-0.2, 0) is 4.79 Å². The van der Waals surface area contributed by atoms with Crippen molar-refractivity contribution in [1.82, 2.24) is 4.90 Å². The van der Waals surface area contributed by atoms with E-state index in [-0.39, 0.29) is 13.5 Å². The molecule has 9 heavy (non-hydrogen) atoms. The number of thioether (sulfide) groups is 1. The van der Waals surface area contributed by atoms with Gasteiger partial charge in [0.1, 0.15) is 0 Å². The van der Waals surface area contributed by atoms with Gasteiger partial charge in [-0.3, -0.25) is 4.79 Å². The van der Waals surface area contributed by atoms with Gasteiger partial charge in [0.25, 0.3) is 0 Å². The van der Waals surface area contributed by atoms with E-state index in [1.165, 1.54) is 0 Å². The molecule has 0 aromatic rings. The maximum Gasteiger partial charge on any atom is 0.226 e. The molecule has 2 aliphatic heterocycles. The number of carbonyl (C=O) groups excluding carboxylic acids is 1. The summed E-state index contributed by atoms with van der Waals surface area (Å²) in [4.78, 5) is 12.6. The van der Waals surface area contributed by atoms with Crippen molar-refractivity contribution in [3.63, 3.8) is 0 Å². The largest absolute Gasteiger partial charge is 0.329 e. The number of hydrogen-bond donors (Lipinski definition) is 0. The topological polar surface area (TPSA) is 20.3 Å². The molecule has 0 aliphatic carbocycles. The minimum absolute atomic E-state index is 0. The third-order valence-corrected chi connectivity index (χ3v) is 2.88. The molecule has 2 aliphatic rings. The molecule has 4 heteroatoms. The molecule has 1 amide bonds. The van der Waals surface area contributed by atoms with Crippen LogP contribution in [0.4, 0.5) is 0 Å². The Morgan fingerprint density at radius 1 is 1.67 bits per heavy atom. The highest BCUT2D eigenvalue weighted by Crippen LogP contribution is 2.34. The Morgan fingerprint density at radius 2 is 2.44 bits per heavy atom. The van der Waals surface area contributed by atoms with Gasteiger partial charge in [0.2, 0.25) is 5.91 Å². The van der Waals surface area contributed by atoms with Gasteiger partial charge in [0, 0.05) is 12.3 Å². The molecule has 1 atom stereocenters. The molecule has 0 saturated carbocycles. The normalized spacial score (nSPS) is 30.9. The molecule has 0 spiro atoms. The molecule has 0 aromatic heterocycles. The van der Waals surface area contributed by atoms with Gasteiger partial charge in [-0.15, -0.1) is 11.8 Å². The molecule has 2 nitrogen and oxygen atoms in total. The van der Waals surface area contributed by atoms with Crippen LogP contribution in [0.3, 0.4) is 0 Å². The third-order valence-electron chi connectivity index (χ3n) is 1.66. The number of rotatable bonds is 0. The number of carbonyl (C=O) groups is 1. The molecule has 0 N–H and O–H groups in total. The molecule has 0 unspecified atom stereocenters. The van der Waals surface area contributed by atoms with Crippen molar-refractivity contribution in [2.24, 2.45) is 0 Å². The predicted octanol–water partition coefficient (Wildman–Crippen LogP) is 0.404. The molecule has 2 saturated heterocycles. The van der Waals surface area contributed by atoms with Crippen LogP contribution in [-0.4, -0.2) is 28.5 Å². The Hall–Kier alpha value is 0.170. The summed E-state index contributed by atoms with van der Waals surface area (Å²) >= 11 is 1.90. The fourth-order valence-corrected chi connectivity index (χ4v) is 2.37. The zero-order chi connectivity index (χ0) is 5.56. The number of amides is 1. The fourth-order valence-electron chi connectivity index (χ4n) is 1.13. The van der Waals surface area contributed by atoms with E-state index in [9.17, 15) is 4.79 Å². The van der Waals surface area contributed by atoms with Crippen molar-refractivity contribution in [3.8, 4) is 0 Å². The standard InChI is InChI=1S/C5H7NOS.H2S/c7-4-3-5-6(4)1-2-8-5;/h5H,1-3H2;1H2/t5-;/m1./s1. The Morgan fingerprint density at radius 3 is 2.89 bits per heavy atom. The fraction of sp³-hybridized carbons (Fsp3) is 0.800. The highest BCUT2D eigenvalue weighted by molar-refractivity contribution is 8.00. The Bertz CT molecular complexity index is 139. The summed E-state index contributed by atoms with van der Waals surface area (Å²) in [6.45, 7) is 0.994. The van der Waals surface area contributed by atoms with E-state index < -0.39 is 0 Å². The maximum absolute atomic E-state index is 10.6.